The summed E-state index contributed by atoms with van der Waals surface area (Å²) < 4.78 is 11.1. The molecule has 1 aromatic heterocycles. The van der Waals surface area contributed by atoms with E-state index in [9.17, 15) is 4.79 Å². The van der Waals surface area contributed by atoms with Gasteiger partial charge in [0.15, 0.2) is 0 Å². The fourth-order valence-electron chi connectivity index (χ4n) is 3.88. The third-order valence-electron chi connectivity index (χ3n) is 5.65. The summed E-state index contributed by atoms with van der Waals surface area (Å²) in [5, 5.41) is 0. The number of nitrogens with zero attached hydrogens (tertiary/aromatic N) is 5. The number of methoxy groups -OCH3 is 1. The predicted octanol–water partition coefficient (Wildman–Crippen LogP) is 1.92. The Morgan fingerprint density at radius 2 is 1.80 bits per heavy atom. The monoisotopic (exact) mass is 411 g/mol. The maximum Gasteiger partial charge on any atom is 0.274 e. The molecule has 0 radical (unpaired) electrons. The zero-order valence-corrected chi connectivity index (χ0v) is 17.5. The molecule has 30 heavy (non-hydrogen) atoms. The summed E-state index contributed by atoms with van der Waals surface area (Å²) in [5.74, 6) is 2.40. The summed E-state index contributed by atoms with van der Waals surface area (Å²) in [4.78, 5) is 27.9. The van der Waals surface area contributed by atoms with Crippen molar-refractivity contribution < 1.29 is 14.3 Å². The minimum atomic E-state index is -0.00447. The van der Waals surface area contributed by atoms with E-state index in [0.717, 1.165) is 76.0 Å². The third kappa shape index (κ3) is 4.99. The van der Waals surface area contributed by atoms with Gasteiger partial charge in [0.2, 0.25) is 0 Å². The molecule has 0 N–H and O–H groups in total. The van der Waals surface area contributed by atoms with Crippen LogP contribution in [0.3, 0.4) is 0 Å². The van der Waals surface area contributed by atoms with Crippen LogP contribution in [-0.2, 0) is 0 Å². The summed E-state index contributed by atoms with van der Waals surface area (Å²) in [5.41, 5.74) is 0.448. The molecule has 2 saturated heterocycles. The molecule has 1 amide bonds. The standard InChI is InChI=1S/C22H29N5O3/c1-29-18-5-4-6-19(15-18)30-14-13-25-9-11-26(12-10-25)21-17-23-16-20(24-21)22(28)27-7-2-3-8-27/h4-6,15-17H,2-3,7-14H2,1H3. The Bertz CT molecular complexity index is 848. The predicted molar refractivity (Wildman–Crippen MR) is 114 cm³/mol. The summed E-state index contributed by atoms with van der Waals surface area (Å²) in [6.07, 6.45) is 5.48. The van der Waals surface area contributed by atoms with Crippen LogP contribution >= 0.6 is 0 Å². The molecular weight excluding hydrogens is 382 g/mol. The Morgan fingerprint density at radius 1 is 1.03 bits per heavy atom. The van der Waals surface area contributed by atoms with Gasteiger partial charge in [-0.3, -0.25) is 14.7 Å². The van der Waals surface area contributed by atoms with E-state index in [4.69, 9.17) is 9.47 Å². The zero-order chi connectivity index (χ0) is 20.8. The van der Waals surface area contributed by atoms with Crippen LogP contribution in [0.25, 0.3) is 0 Å². The van der Waals surface area contributed by atoms with Crippen LogP contribution in [0.5, 0.6) is 11.5 Å². The second-order valence-corrected chi connectivity index (χ2v) is 7.62. The van der Waals surface area contributed by atoms with Crippen molar-refractivity contribution in [2.24, 2.45) is 0 Å². The number of rotatable bonds is 7. The first-order valence-electron chi connectivity index (χ1n) is 10.6. The van der Waals surface area contributed by atoms with Gasteiger partial charge in [-0.05, 0) is 25.0 Å². The van der Waals surface area contributed by atoms with Crippen LogP contribution in [-0.4, -0.2) is 85.2 Å². The van der Waals surface area contributed by atoms with Gasteiger partial charge in [-0.2, -0.15) is 0 Å². The summed E-state index contributed by atoms with van der Waals surface area (Å²) in [7, 11) is 1.65. The number of carbonyl (C=O) groups is 1. The molecule has 8 nitrogen and oxygen atoms in total. The molecule has 0 atom stereocenters. The Balaban J connectivity index is 1.25. The first-order chi connectivity index (χ1) is 14.7. The number of anilines is 1. The summed E-state index contributed by atoms with van der Waals surface area (Å²) in [6, 6.07) is 7.67. The first-order valence-corrected chi connectivity index (χ1v) is 10.6. The zero-order valence-electron chi connectivity index (χ0n) is 17.5. The Morgan fingerprint density at radius 3 is 2.57 bits per heavy atom. The van der Waals surface area contributed by atoms with Gasteiger partial charge < -0.3 is 19.3 Å². The second-order valence-electron chi connectivity index (χ2n) is 7.62. The Hall–Kier alpha value is -2.87. The van der Waals surface area contributed by atoms with Gasteiger partial charge >= 0.3 is 0 Å². The minimum absolute atomic E-state index is 0.00447. The van der Waals surface area contributed by atoms with Gasteiger partial charge in [0, 0.05) is 51.9 Å². The molecule has 0 unspecified atom stereocenters. The van der Waals surface area contributed by atoms with Gasteiger partial charge in [0.25, 0.3) is 5.91 Å². The van der Waals surface area contributed by atoms with Crippen molar-refractivity contribution in [3.05, 3.63) is 42.4 Å². The van der Waals surface area contributed by atoms with Crippen molar-refractivity contribution in [3.8, 4) is 11.5 Å². The molecule has 0 aliphatic carbocycles. The first kappa shape index (κ1) is 20.4. The van der Waals surface area contributed by atoms with Gasteiger partial charge in [0.05, 0.1) is 19.5 Å². The van der Waals surface area contributed by atoms with Crippen molar-refractivity contribution >= 4 is 11.7 Å². The van der Waals surface area contributed by atoms with E-state index < -0.39 is 0 Å². The van der Waals surface area contributed by atoms with Gasteiger partial charge in [-0.1, -0.05) is 6.07 Å². The lowest BCUT2D eigenvalue weighted by molar-refractivity contribution is 0.0786. The van der Waals surface area contributed by atoms with Crippen molar-refractivity contribution in [1.29, 1.82) is 0 Å². The summed E-state index contributed by atoms with van der Waals surface area (Å²) >= 11 is 0. The van der Waals surface area contributed by atoms with Crippen LogP contribution in [0.1, 0.15) is 23.3 Å². The molecule has 2 aliphatic heterocycles. The van der Waals surface area contributed by atoms with Crippen LogP contribution < -0.4 is 14.4 Å². The fraction of sp³-hybridized carbons (Fsp3) is 0.500. The maximum absolute atomic E-state index is 12.6. The van der Waals surface area contributed by atoms with Crippen molar-refractivity contribution in [2.45, 2.75) is 12.8 Å². The van der Waals surface area contributed by atoms with E-state index in [1.54, 1.807) is 19.5 Å². The molecule has 2 fully saturated rings. The molecule has 2 aromatic rings. The number of benzene rings is 1. The number of ether oxygens (including phenoxy) is 2. The number of hydrogen-bond donors (Lipinski definition) is 0. The highest BCUT2D eigenvalue weighted by Gasteiger charge is 2.23. The highest BCUT2D eigenvalue weighted by Crippen LogP contribution is 2.19. The molecule has 0 bridgehead atoms. The molecule has 160 valence electrons. The van der Waals surface area contributed by atoms with E-state index in [2.05, 4.69) is 19.8 Å². The van der Waals surface area contributed by atoms with Gasteiger partial charge in [-0.25, -0.2) is 4.98 Å². The maximum atomic E-state index is 12.6. The number of carbonyl (C=O) groups excluding carboxylic acids is 1. The largest absolute Gasteiger partial charge is 0.497 e. The lowest BCUT2D eigenvalue weighted by atomic mass is 10.3. The fourth-order valence-corrected chi connectivity index (χ4v) is 3.88. The van der Waals surface area contributed by atoms with Crippen LogP contribution in [0.15, 0.2) is 36.7 Å². The average Bonchev–Trinajstić information content (AvgIpc) is 3.34. The van der Waals surface area contributed by atoms with Crippen molar-refractivity contribution in [1.82, 2.24) is 19.8 Å². The molecule has 0 saturated carbocycles. The van der Waals surface area contributed by atoms with Gasteiger partial charge in [0.1, 0.15) is 29.6 Å². The minimum Gasteiger partial charge on any atom is -0.497 e. The van der Waals surface area contributed by atoms with E-state index in [0.29, 0.717) is 12.3 Å². The quantitative estimate of drug-likeness (QED) is 0.689. The average molecular weight is 412 g/mol. The molecule has 1 aromatic carbocycles. The Labute approximate surface area is 177 Å². The van der Waals surface area contributed by atoms with E-state index in [1.807, 2.05) is 29.2 Å². The van der Waals surface area contributed by atoms with Crippen LogP contribution in [0, 0.1) is 0 Å². The van der Waals surface area contributed by atoms with E-state index >= 15 is 0 Å². The third-order valence-corrected chi connectivity index (χ3v) is 5.65. The topological polar surface area (TPSA) is 71.0 Å². The lowest BCUT2D eigenvalue weighted by Gasteiger charge is -2.35. The number of likely N-dealkylation sites (tertiary alicyclic amines) is 1. The highest BCUT2D eigenvalue weighted by atomic mass is 16.5. The van der Waals surface area contributed by atoms with Gasteiger partial charge in [-0.15, -0.1) is 0 Å². The SMILES string of the molecule is COc1cccc(OCCN2CCN(c3cncc(C(=O)N4CCCC4)n3)CC2)c1. The van der Waals surface area contributed by atoms with Crippen molar-refractivity contribution in [2.75, 3.05) is 64.4 Å². The molecular formula is C22H29N5O3. The number of piperazine rings is 1. The summed E-state index contributed by atoms with van der Waals surface area (Å²) in [6.45, 7) is 6.70. The van der Waals surface area contributed by atoms with Crippen molar-refractivity contribution in [3.63, 3.8) is 0 Å². The Kier molecular flexibility index (Phi) is 6.63. The molecule has 8 heteroatoms. The van der Waals surface area contributed by atoms with E-state index in [-0.39, 0.29) is 5.91 Å². The number of hydrogen-bond acceptors (Lipinski definition) is 7. The molecule has 3 heterocycles. The van der Waals surface area contributed by atoms with E-state index in [1.165, 1.54) is 0 Å². The molecule has 0 spiro atoms. The smallest absolute Gasteiger partial charge is 0.274 e. The second kappa shape index (κ2) is 9.75. The number of aromatic nitrogens is 2. The molecule has 4 rings (SSSR count). The van der Waals surface area contributed by atoms with Crippen LogP contribution in [0.2, 0.25) is 0 Å². The number of amides is 1. The normalized spacial score (nSPS) is 17.2. The highest BCUT2D eigenvalue weighted by molar-refractivity contribution is 5.92. The van der Waals surface area contributed by atoms with Crippen LogP contribution in [0.4, 0.5) is 5.82 Å². The lowest BCUT2D eigenvalue weighted by Crippen LogP contribution is -2.48. The molecule has 2 aliphatic rings.